The van der Waals surface area contributed by atoms with Crippen molar-refractivity contribution in [3.63, 3.8) is 0 Å². The molecule has 1 atom stereocenters. The first-order chi connectivity index (χ1) is 7.07. The topological polar surface area (TPSA) is 12.4 Å². The standard InChI is InChI=1S/C12H15NSe2/c1-12(2,3)11-13-10(14-15-11)9-7-5-4-6-8-9/h4-8,11H,1-3H3. The van der Waals surface area contributed by atoms with Gasteiger partial charge in [-0.05, 0) is 0 Å². The zero-order chi connectivity index (χ0) is 10.9. The number of rotatable bonds is 1. The monoisotopic (exact) mass is 333 g/mol. The summed E-state index contributed by atoms with van der Waals surface area (Å²) in [6.45, 7) is 6.90. The molecule has 1 aliphatic heterocycles. The van der Waals surface area contributed by atoms with Crippen molar-refractivity contribution in [3.8, 4) is 0 Å². The van der Waals surface area contributed by atoms with Crippen molar-refractivity contribution >= 4 is 30.9 Å². The zero-order valence-corrected chi connectivity index (χ0v) is 12.7. The van der Waals surface area contributed by atoms with Crippen LogP contribution in [0.1, 0.15) is 26.3 Å². The summed E-state index contributed by atoms with van der Waals surface area (Å²) >= 11 is 1.34. The van der Waals surface area contributed by atoms with E-state index in [1.807, 2.05) is 0 Å². The molecule has 1 unspecified atom stereocenters. The molecule has 1 heterocycles. The molecule has 0 N–H and O–H groups in total. The van der Waals surface area contributed by atoms with Gasteiger partial charge in [0, 0.05) is 0 Å². The number of aliphatic imine (C=N–C) groups is 1. The van der Waals surface area contributed by atoms with E-state index in [2.05, 4.69) is 51.1 Å². The first kappa shape index (κ1) is 11.4. The molecule has 1 aromatic carbocycles. The molecule has 0 bridgehead atoms. The molecule has 0 saturated carbocycles. The van der Waals surface area contributed by atoms with Crippen LogP contribution in [0.5, 0.6) is 0 Å². The fourth-order valence-corrected chi connectivity index (χ4v) is 10.8. The van der Waals surface area contributed by atoms with Crippen LogP contribution in [-0.4, -0.2) is 35.8 Å². The number of hydrogen-bond donors (Lipinski definition) is 0. The van der Waals surface area contributed by atoms with E-state index < -0.39 is 0 Å². The van der Waals surface area contributed by atoms with Gasteiger partial charge in [-0.1, -0.05) is 0 Å². The summed E-state index contributed by atoms with van der Waals surface area (Å²) in [5.74, 6) is 0. The summed E-state index contributed by atoms with van der Waals surface area (Å²) in [6.07, 6.45) is 0. The van der Waals surface area contributed by atoms with Gasteiger partial charge in [0.2, 0.25) is 0 Å². The minimum atomic E-state index is 0.346. The van der Waals surface area contributed by atoms with Crippen LogP contribution >= 0.6 is 0 Å². The maximum atomic E-state index is 4.90. The van der Waals surface area contributed by atoms with Crippen molar-refractivity contribution in [1.82, 2.24) is 0 Å². The molecule has 0 fully saturated rings. The third kappa shape index (κ3) is 2.73. The Morgan fingerprint density at radius 2 is 1.80 bits per heavy atom. The Hall–Kier alpha value is -0.0710. The Morgan fingerprint density at radius 3 is 2.33 bits per heavy atom. The van der Waals surface area contributed by atoms with E-state index in [0.717, 1.165) is 0 Å². The van der Waals surface area contributed by atoms with Crippen molar-refractivity contribution in [2.75, 3.05) is 0 Å². The molecule has 3 heteroatoms. The molecule has 0 aliphatic carbocycles. The van der Waals surface area contributed by atoms with Crippen molar-refractivity contribution in [2.45, 2.75) is 25.7 Å². The first-order valence-corrected chi connectivity index (χ1v) is 11.2. The second kappa shape index (κ2) is 4.43. The zero-order valence-electron chi connectivity index (χ0n) is 9.23. The molecule has 1 aromatic rings. The summed E-state index contributed by atoms with van der Waals surface area (Å²) < 4.78 is 1.38. The molecular weight excluding hydrogens is 316 g/mol. The van der Waals surface area contributed by atoms with Gasteiger partial charge in [0.15, 0.2) is 0 Å². The van der Waals surface area contributed by atoms with E-state index in [-0.39, 0.29) is 0 Å². The van der Waals surface area contributed by atoms with Gasteiger partial charge < -0.3 is 0 Å². The Labute approximate surface area is 103 Å². The minimum absolute atomic E-state index is 0.346. The molecule has 1 aliphatic rings. The Balaban J connectivity index is 2.21. The SMILES string of the molecule is CC(C)(C)C1N=C(c2ccccc2)[Se][Se]1. The van der Waals surface area contributed by atoms with Gasteiger partial charge in [-0.25, -0.2) is 0 Å². The van der Waals surface area contributed by atoms with Gasteiger partial charge in [-0.2, -0.15) is 0 Å². The van der Waals surface area contributed by atoms with E-state index in [4.69, 9.17) is 4.99 Å². The van der Waals surface area contributed by atoms with Crippen molar-refractivity contribution in [1.29, 1.82) is 0 Å². The summed E-state index contributed by atoms with van der Waals surface area (Å²) in [4.78, 5) is 5.49. The molecular formula is C12H15NSe2. The third-order valence-electron chi connectivity index (χ3n) is 2.21. The quantitative estimate of drug-likeness (QED) is 0.700. The maximum absolute atomic E-state index is 4.90. The molecule has 0 radical (unpaired) electrons. The molecule has 0 aromatic heterocycles. The molecule has 80 valence electrons. The van der Waals surface area contributed by atoms with Crippen LogP contribution in [0.3, 0.4) is 0 Å². The predicted octanol–water partition coefficient (Wildman–Crippen LogP) is 2.14. The molecule has 0 amide bonds. The Bertz CT molecular complexity index is 365. The fourth-order valence-electron chi connectivity index (χ4n) is 1.28. The van der Waals surface area contributed by atoms with Gasteiger partial charge in [-0.15, -0.1) is 0 Å². The van der Waals surface area contributed by atoms with Crippen LogP contribution in [0.15, 0.2) is 35.3 Å². The van der Waals surface area contributed by atoms with Crippen molar-refractivity contribution in [2.24, 2.45) is 10.4 Å². The average Bonchev–Trinajstić information content (AvgIpc) is 2.67. The number of benzene rings is 1. The van der Waals surface area contributed by atoms with Crippen LogP contribution in [0, 0.1) is 5.41 Å². The molecule has 0 saturated heterocycles. The molecule has 1 nitrogen and oxygen atoms in total. The van der Waals surface area contributed by atoms with Crippen LogP contribution < -0.4 is 0 Å². The van der Waals surface area contributed by atoms with Gasteiger partial charge in [0.25, 0.3) is 0 Å². The van der Waals surface area contributed by atoms with Gasteiger partial charge in [-0.3, -0.25) is 0 Å². The Morgan fingerprint density at radius 1 is 1.13 bits per heavy atom. The summed E-state index contributed by atoms with van der Waals surface area (Å²) in [7, 11) is 0. The van der Waals surface area contributed by atoms with Crippen molar-refractivity contribution < 1.29 is 0 Å². The summed E-state index contributed by atoms with van der Waals surface area (Å²) in [5.41, 5.74) is 1.68. The second-order valence-electron chi connectivity index (χ2n) is 4.70. The molecule has 0 spiro atoms. The van der Waals surface area contributed by atoms with E-state index in [1.165, 1.54) is 10.2 Å². The van der Waals surface area contributed by atoms with E-state index in [9.17, 15) is 0 Å². The fraction of sp³-hybridized carbons (Fsp3) is 0.417. The van der Waals surface area contributed by atoms with Crippen molar-refractivity contribution in [3.05, 3.63) is 35.9 Å². The number of nitrogens with zero attached hydrogens (tertiary/aromatic N) is 1. The molecule has 15 heavy (non-hydrogen) atoms. The van der Waals surface area contributed by atoms with Crippen LogP contribution in [-0.2, 0) is 0 Å². The average molecular weight is 331 g/mol. The van der Waals surface area contributed by atoms with Gasteiger partial charge in [0.1, 0.15) is 0 Å². The Kier molecular flexibility index (Phi) is 3.37. The second-order valence-corrected chi connectivity index (χ2v) is 11.1. The summed E-state index contributed by atoms with van der Waals surface area (Å²) in [5, 5.41) is 0. The normalized spacial score (nSPS) is 21.5. The van der Waals surface area contributed by atoms with E-state index in [1.54, 1.807) is 0 Å². The predicted molar refractivity (Wildman–Crippen MR) is 67.7 cm³/mol. The van der Waals surface area contributed by atoms with E-state index in [0.29, 0.717) is 36.6 Å². The van der Waals surface area contributed by atoms with Crippen LogP contribution in [0.25, 0.3) is 0 Å². The third-order valence-corrected chi connectivity index (χ3v) is 10.3. The number of hydrogen-bond acceptors (Lipinski definition) is 1. The summed E-state index contributed by atoms with van der Waals surface area (Å²) in [6, 6.07) is 10.6. The van der Waals surface area contributed by atoms with E-state index >= 15 is 0 Å². The van der Waals surface area contributed by atoms with Gasteiger partial charge in [0.05, 0.1) is 0 Å². The van der Waals surface area contributed by atoms with Crippen LogP contribution in [0.4, 0.5) is 0 Å². The van der Waals surface area contributed by atoms with Gasteiger partial charge >= 0.3 is 103 Å². The first-order valence-electron chi connectivity index (χ1n) is 5.04. The molecule has 2 rings (SSSR count). The van der Waals surface area contributed by atoms with Crippen LogP contribution in [0.2, 0.25) is 0 Å².